The number of aromatic amines is 1. The number of carbonyl (C=O) groups is 1. The van der Waals surface area contributed by atoms with Crippen molar-refractivity contribution in [2.75, 3.05) is 0 Å². The second-order valence-corrected chi connectivity index (χ2v) is 5.05. The smallest absolute Gasteiger partial charge is 0.291 e. The zero-order valence-corrected chi connectivity index (χ0v) is 10.5. The van der Waals surface area contributed by atoms with Crippen LogP contribution < -0.4 is 5.32 Å². The minimum absolute atomic E-state index is 0.129. The number of rotatable bonds is 4. The SMILES string of the molecule is CCCc1nc(C(=O)NC2CC3CCC2O3)n[nH]1. The summed E-state index contributed by atoms with van der Waals surface area (Å²) in [4.78, 5) is 16.2. The van der Waals surface area contributed by atoms with E-state index in [2.05, 4.69) is 27.4 Å². The van der Waals surface area contributed by atoms with Crippen LogP contribution in [0.4, 0.5) is 0 Å². The van der Waals surface area contributed by atoms with Crippen LogP contribution in [0.2, 0.25) is 0 Å². The summed E-state index contributed by atoms with van der Waals surface area (Å²) in [6.45, 7) is 2.06. The lowest BCUT2D eigenvalue weighted by molar-refractivity contribution is 0.0834. The summed E-state index contributed by atoms with van der Waals surface area (Å²) >= 11 is 0. The van der Waals surface area contributed by atoms with Crippen molar-refractivity contribution in [3.05, 3.63) is 11.6 Å². The van der Waals surface area contributed by atoms with Gasteiger partial charge in [0.1, 0.15) is 5.82 Å². The number of nitrogens with zero attached hydrogens (tertiary/aromatic N) is 2. The van der Waals surface area contributed by atoms with E-state index in [-0.39, 0.29) is 23.9 Å². The Balaban J connectivity index is 1.60. The van der Waals surface area contributed by atoms with Crippen molar-refractivity contribution >= 4 is 5.91 Å². The van der Waals surface area contributed by atoms with Crippen molar-refractivity contribution in [2.45, 2.75) is 57.3 Å². The molecule has 6 heteroatoms. The van der Waals surface area contributed by atoms with Gasteiger partial charge in [-0.1, -0.05) is 6.92 Å². The lowest BCUT2D eigenvalue weighted by Gasteiger charge is -2.18. The molecule has 1 aromatic rings. The van der Waals surface area contributed by atoms with E-state index in [1.165, 1.54) is 0 Å². The maximum Gasteiger partial charge on any atom is 0.291 e. The van der Waals surface area contributed by atoms with E-state index in [1.54, 1.807) is 0 Å². The van der Waals surface area contributed by atoms with Crippen LogP contribution in [0.3, 0.4) is 0 Å². The molecule has 0 spiro atoms. The van der Waals surface area contributed by atoms with E-state index in [9.17, 15) is 4.79 Å². The number of carbonyl (C=O) groups excluding carboxylic acids is 1. The second kappa shape index (κ2) is 4.68. The van der Waals surface area contributed by atoms with Crippen LogP contribution in [0.1, 0.15) is 49.1 Å². The fourth-order valence-corrected chi connectivity index (χ4v) is 2.77. The van der Waals surface area contributed by atoms with Crippen molar-refractivity contribution in [3.63, 3.8) is 0 Å². The van der Waals surface area contributed by atoms with E-state index in [4.69, 9.17) is 4.74 Å². The number of amides is 1. The number of ether oxygens (including phenoxy) is 1. The van der Waals surface area contributed by atoms with Gasteiger partial charge in [-0.3, -0.25) is 9.89 Å². The third-order valence-corrected chi connectivity index (χ3v) is 3.64. The first kappa shape index (κ1) is 11.6. The lowest BCUT2D eigenvalue weighted by atomic mass is 9.95. The van der Waals surface area contributed by atoms with Crippen LogP contribution in [-0.2, 0) is 11.2 Å². The fraction of sp³-hybridized carbons (Fsp3) is 0.750. The topological polar surface area (TPSA) is 79.9 Å². The van der Waals surface area contributed by atoms with Crippen molar-refractivity contribution in [1.82, 2.24) is 20.5 Å². The summed E-state index contributed by atoms with van der Waals surface area (Å²) in [6, 6.07) is 0.129. The van der Waals surface area contributed by atoms with Gasteiger partial charge in [0.15, 0.2) is 0 Å². The molecule has 2 saturated heterocycles. The Labute approximate surface area is 106 Å². The molecule has 1 aromatic heterocycles. The molecule has 98 valence electrons. The molecule has 3 heterocycles. The Hall–Kier alpha value is -1.43. The maximum absolute atomic E-state index is 12.0. The Morgan fingerprint density at radius 3 is 3.11 bits per heavy atom. The highest BCUT2D eigenvalue weighted by Crippen LogP contribution is 2.34. The standard InChI is InChI=1S/C12H18N4O2/c1-2-3-10-14-11(16-15-10)12(17)13-8-6-7-4-5-9(8)18-7/h7-9H,2-6H2,1H3,(H,13,17)(H,14,15,16). The van der Waals surface area contributed by atoms with Gasteiger partial charge in [0, 0.05) is 6.42 Å². The Morgan fingerprint density at radius 1 is 1.56 bits per heavy atom. The van der Waals surface area contributed by atoms with Crippen molar-refractivity contribution in [2.24, 2.45) is 0 Å². The van der Waals surface area contributed by atoms with Crippen LogP contribution in [0.5, 0.6) is 0 Å². The first-order valence-corrected chi connectivity index (χ1v) is 6.64. The molecule has 0 aromatic carbocycles. The number of hydrogen-bond donors (Lipinski definition) is 2. The Kier molecular flexibility index (Phi) is 3.03. The number of hydrogen-bond acceptors (Lipinski definition) is 4. The van der Waals surface area contributed by atoms with Crippen molar-refractivity contribution in [1.29, 1.82) is 0 Å². The maximum atomic E-state index is 12.0. The van der Waals surface area contributed by atoms with Gasteiger partial charge in [-0.25, -0.2) is 4.98 Å². The monoisotopic (exact) mass is 250 g/mol. The molecular weight excluding hydrogens is 232 g/mol. The van der Waals surface area contributed by atoms with Gasteiger partial charge < -0.3 is 10.1 Å². The second-order valence-electron chi connectivity index (χ2n) is 5.05. The van der Waals surface area contributed by atoms with Gasteiger partial charge in [0.05, 0.1) is 18.2 Å². The summed E-state index contributed by atoms with van der Waals surface area (Å²) in [7, 11) is 0. The quantitative estimate of drug-likeness (QED) is 0.828. The van der Waals surface area contributed by atoms with E-state index >= 15 is 0 Å². The Morgan fingerprint density at radius 2 is 2.44 bits per heavy atom. The molecule has 6 nitrogen and oxygen atoms in total. The first-order chi connectivity index (χ1) is 8.76. The molecule has 0 radical (unpaired) electrons. The van der Waals surface area contributed by atoms with Gasteiger partial charge in [-0.2, -0.15) is 0 Å². The number of H-pyrrole nitrogens is 1. The van der Waals surface area contributed by atoms with Crippen LogP contribution in [-0.4, -0.2) is 39.3 Å². The molecule has 3 unspecified atom stereocenters. The zero-order chi connectivity index (χ0) is 12.5. The zero-order valence-electron chi connectivity index (χ0n) is 10.5. The largest absolute Gasteiger partial charge is 0.373 e. The molecule has 2 aliphatic heterocycles. The summed E-state index contributed by atoms with van der Waals surface area (Å²) in [5.74, 6) is 0.808. The van der Waals surface area contributed by atoms with E-state index in [0.717, 1.165) is 37.9 Å². The highest BCUT2D eigenvalue weighted by atomic mass is 16.5. The normalized spacial score (nSPS) is 29.7. The lowest BCUT2D eigenvalue weighted by Crippen LogP contribution is -2.41. The van der Waals surface area contributed by atoms with Crippen molar-refractivity contribution < 1.29 is 9.53 Å². The molecule has 1 amide bonds. The van der Waals surface area contributed by atoms with E-state index < -0.39 is 0 Å². The first-order valence-electron chi connectivity index (χ1n) is 6.64. The Bertz CT molecular complexity index is 445. The average molecular weight is 250 g/mol. The summed E-state index contributed by atoms with van der Waals surface area (Å²) < 4.78 is 5.70. The molecular formula is C12H18N4O2. The highest BCUT2D eigenvalue weighted by molar-refractivity contribution is 5.90. The van der Waals surface area contributed by atoms with Gasteiger partial charge in [0.25, 0.3) is 5.91 Å². The molecule has 3 atom stereocenters. The van der Waals surface area contributed by atoms with Gasteiger partial charge in [0.2, 0.25) is 5.82 Å². The van der Waals surface area contributed by atoms with E-state index in [1.807, 2.05) is 0 Å². The van der Waals surface area contributed by atoms with Gasteiger partial charge >= 0.3 is 0 Å². The molecule has 2 aliphatic rings. The summed E-state index contributed by atoms with van der Waals surface area (Å²) in [6.07, 6.45) is 5.41. The van der Waals surface area contributed by atoms with E-state index in [0.29, 0.717) is 6.10 Å². The number of aryl methyl sites for hydroxylation is 1. The molecule has 18 heavy (non-hydrogen) atoms. The van der Waals surface area contributed by atoms with Crippen LogP contribution in [0.25, 0.3) is 0 Å². The van der Waals surface area contributed by atoms with Crippen LogP contribution in [0, 0.1) is 0 Å². The summed E-state index contributed by atoms with van der Waals surface area (Å²) in [5.41, 5.74) is 0. The third-order valence-electron chi connectivity index (χ3n) is 3.64. The molecule has 0 saturated carbocycles. The summed E-state index contributed by atoms with van der Waals surface area (Å²) in [5, 5.41) is 9.72. The number of aromatic nitrogens is 3. The molecule has 0 aliphatic carbocycles. The molecule has 3 rings (SSSR count). The molecule has 2 bridgehead atoms. The predicted molar refractivity (Wildman–Crippen MR) is 64.1 cm³/mol. The number of fused-ring (bicyclic) bond motifs is 2. The fourth-order valence-electron chi connectivity index (χ4n) is 2.77. The van der Waals surface area contributed by atoms with Gasteiger partial charge in [-0.05, 0) is 25.7 Å². The van der Waals surface area contributed by atoms with Gasteiger partial charge in [-0.15, -0.1) is 5.10 Å². The third kappa shape index (κ3) is 2.12. The predicted octanol–water partition coefficient (Wildman–Crippen LogP) is 0.807. The number of nitrogens with one attached hydrogen (secondary N) is 2. The van der Waals surface area contributed by atoms with Crippen molar-refractivity contribution in [3.8, 4) is 0 Å². The van der Waals surface area contributed by atoms with Crippen LogP contribution in [0.15, 0.2) is 0 Å². The molecule has 2 N–H and O–H groups in total. The minimum Gasteiger partial charge on any atom is -0.373 e. The molecule has 2 fully saturated rings. The van der Waals surface area contributed by atoms with Crippen LogP contribution >= 0.6 is 0 Å². The minimum atomic E-state index is -0.199. The highest BCUT2D eigenvalue weighted by Gasteiger charge is 2.41. The average Bonchev–Trinajstić information content (AvgIpc) is 3.04.